The van der Waals surface area contributed by atoms with E-state index < -0.39 is 17.6 Å². The van der Waals surface area contributed by atoms with Gasteiger partial charge in [0.2, 0.25) is 0 Å². The van der Waals surface area contributed by atoms with Crippen molar-refractivity contribution in [1.82, 2.24) is 24.6 Å². The second kappa shape index (κ2) is 7.91. The van der Waals surface area contributed by atoms with Gasteiger partial charge in [0.15, 0.2) is 0 Å². The predicted octanol–water partition coefficient (Wildman–Crippen LogP) is 3.64. The van der Waals surface area contributed by atoms with Gasteiger partial charge in [-0.3, -0.25) is 9.58 Å². The molecule has 2 saturated carbocycles. The summed E-state index contributed by atoms with van der Waals surface area (Å²) in [6.45, 7) is 8.99. The van der Waals surface area contributed by atoms with Gasteiger partial charge in [-0.2, -0.15) is 18.3 Å². The van der Waals surface area contributed by atoms with E-state index in [4.69, 9.17) is 15.6 Å². The van der Waals surface area contributed by atoms with Crippen molar-refractivity contribution in [2.45, 2.75) is 56.5 Å². The van der Waals surface area contributed by atoms with Gasteiger partial charge in [0, 0.05) is 61.6 Å². The molecule has 0 radical (unpaired) electrons. The number of pyridine rings is 1. The Morgan fingerprint density at radius 2 is 1.86 bits per heavy atom. The van der Waals surface area contributed by atoms with Crippen molar-refractivity contribution >= 4 is 5.82 Å². The molecule has 4 aliphatic rings. The highest BCUT2D eigenvalue weighted by molar-refractivity contribution is 5.63. The van der Waals surface area contributed by atoms with Crippen LogP contribution in [-0.4, -0.2) is 76.0 Å². The molecule has 4 atom stereocenters. The van der Waals surface area contributed by atoms with Crippen molar-refractivity contribution in [2.24, 2.45) is 11.8 Å². The van der Waals surface area contributed by atoms with Crippen LogP contribution in [-0.2, 0) is 10.9 Å². The number of nitrogens with zero attached hydrogens (tertiary/aromatic N) is 5. The molecule has 2 aromatic rings. The zero-order chi connectivity index (χ0) is 24.7. The van der Waals surface area contributed by atoms with Gasteiger partial charge in [-0.25, -0.2) is 4.98 Å². The number of likely N-dealkylation sites (tertiary alicyclic amines) is 1. The van der Waals surface area contributed by atoms with Crippen LogP contribution in [0.1, 0.15) is 49.9 Å². The molecule has 2 N–H and O–H groups in total. The largest absolute Gasteiger partial charge is 0.419 e. The fourth-order valence-corrected chi connectivity index (χ4v) is 6.78. The number of nitrogen functional groups attached to an aromatic ring is 1. The van der Waals surface area contributed by atoms with Crippen LogP contribution in [0.15, 0.2) is 18.3 Å². The summed E-state index contributed by atoms with van der Waals surface area (Å²) in [5.74, 6) is 1.14. The number of likely N-dealkylation sites (N-methyl/N-ethyl adjacent to an activating group) is 1. The van der Waals surface area contributed by atoms with Gasteiger partial charge in [0.05, 0.1) is 17.9 Å². The van der Waals surface area contributed by atoms with Gasteiger partial charge in [-0.05, 0) is 57.7 Å². The van der Waals surface area contributed by atoms with Crippen molar-refractivity contribution in [3.8, 4) is 11.3 Å². The third-order valence-corrected chi connectivity index (χ3v) is 8.47. The van der Waals surface area contributed by atoms with Crippen LogP contribution in [0, 0.1) is 11.8 Å². The molecule has 190 valence electrons. The van der Waals surface area contributed by atoms with E-state index in [0.717, 1.165) is 44.5 Å². The maximum absolute atomic E-state index is 13.4. The summed E-state index contributed by atoms with van der Waals surface area (Å²) in [5.41, 5.74) is 6.60. The molecule has 2 aliphatic heterocycles. The van der Waals surface area contributed by atoms with Crippen LogP contribution < -0.4 is 5.73 Å². The number of rotatable bonds is 4. The van der Waals surface area contributed by atoms with Gasteiger partial charge in [-0.1, -0.05) is 0 Å². The van der Waals surface area contributed by atoms with Gasteiger partial charge in [0.25, 0.3) is 0 Å². The second-order valence-electron chi connectivity index (χ2n) is 11.3. The number of aromatic nitrogens is 3. The Hall–Kier alpha value is -2.17. The molecular formula is C25H33F3N6O. The van der Waals surface area contributed by atoms with Crippen LogP contribution in [0.5, 0.6) is 0 Å². The number of alkyl halides is 3. The molecule has 2 aliphatic carbocycles. The fourth-order valence-electron chi connectivity index (χ4n) is 6.78. The van der Waals surface area contributed by atoms with E-state index in [1.165, 1.54) is 19.0 Å². The number of ether oxygens (including phenoxy) is 1. The van der Waals surface area contributed by atoms with Gasteiger partial charge in [-0.15, -0.1) is 0 Å². The van der Waals surface area contributed by atoms with E-state index in [1.54, 1.807) is 0 Å². The Labute approximate surface area is 203 Å². The van der Waals surface area contributed by atoms with E-state index in [2.05, 4.69) is 35.7 Å². The fraction of sp³-hybridized carbons (Fsp3) is 0.680. The Morgan fingerprint density at radius 3 is 2.49 bits per heavy atom. The van der Waals surface area contributed by atoms with Crippen molar-refractivity contribution < 1.29 is 17.9 Å². The third-order valence-electron chi connectivity index (χ3n) is 8.47. The molecule has 7 nitrogen and oxygen atoms in total. The SMILES string of the molecule is CC(C)n1nc(-c2cnc(N)c(C(F)(F)F)c2)cc1[C@H]1[C@@H]2CC(N3CC4(CN(C)CCO4)C3)C[C@@H]21. The minimum atomic E-state index is -4.55. The van der Waals surface area contributed by atoms with Crippen LogP contribution in [0.4, 0.5) is 19.0 Å². The zero-order valence-corrected chi connectivity index (χ0v) is 20.4. The van der Waals surface area contributed by atoms with Gasteiger partial charge >= 0.3 is 6.18 Å². The maximum Gasteiger partial charge on any atom is 0.419 e. The standard InChI is InChI=1S/C25H33F3N6O/c1-14(2)34-21(9-20(31-34)15-6-19(25(26,27)28)23(29)30-10-15)22-17-7-16(8-18(17)22)33-12-24(13-33)11-32(3)4-5-35-24/h6,9-10,14,16-18,22H,4-5,7-8,11-13H2,1-3H3,(H2,29,30)/t16?,17-,18+,22+. The lowest BCUT2D eigenvalue weighted by atomic mass is 9.88. The highest BCUT2D eigenvalue weighted by Crippen LogP contribution is 2.64. The molecule has 10 heteroatoms. The van der Waals surface area contributed by atoms with E-state index >= 15 is 0 Å². The predicted molar refractivity (Wildman–Crippen MR) is 126 cm³/mol. The Balaban J connectivity index is 1.16. The van der Waals surface area contributed by atoms with E-state index in [-0.39, 0.29) is 11.6 Å². The Bertz CT molecular complexity index is 1110. The molecule has 4 fully saturated rings. The van der Waals surface area contributed by atoms with Gasteiger partial charge < -0.3 is 15.4 Å². The summed E-state index contributed by atoms with van der Waals surface area (Å²) in [4.78, 5) is 8.75. The van der Waals surface area contributed by atoms with E-state index in [9.17, 15) is 13.2 Å². The lowest BCUT2D eigenvalue weighted by molar-refractivity contribution is -0.190. The summed E-state index contributed by atoms with van der Waals surface area (Å²) in [5, 5.41) is 4.70. The molecule has 6 rings (SSSR count). The Morgan fingerprint density at radius 1 is 1.14 bits per heavy atom. The average Bonchev–Trinajstić information content (AvgIpc) is 3.12. The van der Waals surface area contributed by atoms with E-state index in [1.807, 2.05) is 10.7 Å². The molecule has 1 spiro atoms. The van der Waals surface area contributed by atoms with Crippen LogP contribution >= 0.6 is 0 Å². The topological polar surface area (TPSA) is 72.4 Å². The first kappa shape index (κ1) is 23.2. The maximum atomic E-state index is 13.4. The Kier molecular flexibility index (Phi) is 5.26. The molecule has 1 unspecified atom stereocenters. The lowest BCUT2D eigenvalue weighted by Crippen LogP contribution is -2.71. The van der Waals surface area contributed by atoms with Crippen molar-refractivity contribution in [3.63, 3.8) is 0 Å². The molecule has 0 aromatic carbocycles. The molecule has 2 saturated heterocycles. The van der Waals surface area contributed by atoms with Crippen LogP contribution in [0.25, 0.3) is 11.3 Å². The number of hydrogen-bond acceptors (Lipinski definition) is 6. The van der Waals surface area contributed by atoms with E-state index in [0.29, 0.717) is 35.1 Å². The molecule has 35 heavy (non-hydrogen) atoms. The monoisotopic (exact) mass is 490 g/mol. The third kappa shape index (κ3) is 3.94. The number of fused-ring (bicyclic) bond motifs is 1. The number of hydrogen-bond donors (Lipinski definition) is 1. The summed E-state index contributed by atoms with van der Waals surface area (Å²) in [6.07, 6.45) is -0.828. The van der Waals surface area contributed by atoms with Crippen molar-refractivity contribution in [1.29, 1.82) is 0 Å². The van der Waals surface area contributed by atoms with Gasteiger partial charge in [0.1, 0.15) is 11.4 Å². The smallest absolute Gasteiger partial charge is 0.383 e. The first-order chi connectivity index (χ1) is 16.5. The molecule has 4 heterocycles. The highest BCUT2D eigenvalue weighted by atomic mass is 19.4. The minimum absolute atomic E-state index is 0.0206. The van der Waals surface area contributed by atoms with Crippen molar-refractivity contribution in [2.75, 3.05) is 45.6 Å². The first-order valence-corrected chi connectivity index (χ1v) is 12.5. The number of morpholine rings is 1. The number of nitrogens with two attached hydrogens (primary N) is 1. The summed E-state index contributed by atoms with van der Waals surface area (Å²) in [6, 6.07) is 3.76. The normalized spacial score (nSPS) is 30.6. The zero-order valence-electron chi connectivity index (χ0n) is 20.4. The summed E-state index contributed by atoms with van der Waals surface area (Å²) < 4.78 is 48.2. The number of halogens is 3. The van der Waals surface area contributed by atoms with Crippen molar-refractivity contribution in [3.05, 3.63) is 29.6 Å². The molecular weight excluding hydrogens is 457 g/mol. The van der Waals surface area contributed by atoms with Crippen LogP contribution in [0.3, 0.4) is 0 Å². The molecule has 0 amide bonds. The lowest BCUT2D eigenvalue weighted by Gasteiger charge is -2.55. The molecule has 2 aromatic heterocycles. The summed E-state index contributed by atoms with van der Waals surface area (Å²) in [7, 11) is 2.17. The first-order valence-electron chi connectivity index (χ1n) is 12.5. The summed E-state index contributed by atoms with van der Waals surface area (Å²) >= 11 is 0. The average molecular weight is 491 g/mol. The quantitative estimate of drug-likeness (QED) is 0.706. The second-order valence-corrected chi connectivity index (χ2v) is 11.3. The molecule has 0 bridgehead atoms. The number of anilines is 1. The minimum Gasteiger partial charge on any atom is -0.383 e. The highest BCUT2D eigenvalue weighted by Gasteiger charge is 2.61. The van der Waals surface area contributed by atoms with Crippen LogP contribution in [0.2, 0.25) is 0 Å².